The quantitative estimate of drug-likeness (QED) is 0.268. The first-order valence-electron chi connectivity index (χ1n) is 12.7. The summed E-state index contributed by atoms with van der Waals surface area (Å²) in [4.78, 5) is 36.0. The molecule has 1 atom stereocenters. The second-order valence-corrected chi connectivity index (χ2v) is 10.9. The molecule has 0 saturated carbocycles. The van der Waals surface area contributed by atoms with E-state index in [2.05, 4.69) is 15.3 Å². The summed E-state index contributed by atoms with van der Waals surface area (Å²) in [5.41, 5.74) is 4.10. The Hall–Kier alpha value is -4.33. The van der Waals surface area contributed by atoms with Crippen molar-refractivity contribution in [2.24, 2.45) is 5.41 Å². The van der Waals surface area contributed by atoms with Crippen LogP contribution in [0.5, 0.6) is 0 Å². The lowest BCUT2D eigenvalue weighted by molar-refractivity contribution is -0.138. The van der Waals surface area contributed by atoms with Gasteiger partial charge < -0.3 is 24.0 Å². The third kappa shape index (κ3) is 6.14. The van der Waals surface area contributed by atoms with Gasteiger partial charge in [0.25, 0.3) is 0 Å². The van der Waals surface area contributed by atoms with Gasteiger partial charge in [-0.3, -0.25) is 9.59 Å². The molecule has 3 heterocycles. The van der Waals surface area contributed by atoms with E-state index in [0.29, 0.717) is 25.9 Å². The number of imidazole rings is 1. The fraction of sp³-hybridized carbons (Fsp3) is 0.300. The fourth-order valence-corrected chi connectivity index (χ4v) is 4.65. The summed E-state index contributed by atoms with van der Waals surface area (Å²) in [6.45, 7) is 6.75. The second kappa shape index (κ2) is 10.6. The third-order valence-electron chi connectivity index (χ3n) is 6.40. The molecule has 196 valence electrons. The van der Waals surface area contributed by atoms with Crippen molar-refractivity contribution < 1.29 is 18.4 Å². The van der Waals surface area contributed by atoms with Gasteiger partial charge in [0.05, 0.1) is 18.9 Å². The molecule has 2 aromatic carbocycles. The average Bonchev–Trinajstić information content (AvgIpc) is 3.63. The van der Waals surface area contributed by atoms with E-state index in [0.717, 1.165) is 38.8 Å². The molecule has 0 saturated heterocycles. The maximum atomic E-state index is 14.1. The highest BCUT2D eigenvalue weighted by Crippen LogP contribution is 2.23. The van der Waals surface area contributed by atoms with Gasteiger partial charge in [0.1, 0.15) is 17.2 Å². The number of fused-ring (bicyclic) bond motifs is 2. The summed E-state index contributed by atoms with van der Waals surface area (Å²) < 4.78 is 11.0. The van der Waals surface area contributed by atoms with E-state index < -0.39 is 6.04 Å². The molecule has 0 unspecified atom stereocenters. The number of hydrogen-bond acceptors (Lipinski definition) is 5. The molecular weight excluding hydrogens is 480 g/mol. The Morgan fingerprint density at radius 3 is 2.08 bits per heavy atom. The molecule has 0 bridgehead atoms. The maximum Gasteiger partial charge on any atom is 0.246 e. The zero-order chi connectivity index (χ0) is 26.7. The average molecular weight is 513 g/mol. The summed E-state index contributed by atoms with van der Waals surface area (Å²) in [5.74, 6) is -0.323. The first-order chi connectivity index (χ1) is 18.2. The Kier molecular flexibility index (Phi) is 7.05. The molecule has 0 aliphatic carbocycles. The minimum Gasteiger partial charge on any atom is -0.464 e. The fourth-order valence-electron chi connectivity index (χ4n) is 4.65. The summed E-state index contributed by atoms with van der Waals surface area (Å²) in [6, 6.07) is 14.9. The predicted octanol–water partition coefficient (Wildman–Crippen LogP) is 5.59. The van der Waals surface area contributed by atoms with E-state index in [1.807, 2.05) is 69.3 Å². The van der Waals surface area contributed by atoms with Crippen molar-refractivity contribution in [3.63, 3.8) is 0 Å². The largest absolute Gasteiger partial charge is 0.464 e. The molecule has 0 fully saturated rings. The first kappa shape index (κ1) is 25.3. The van der Waals surface area contributed by atoms with E-state index in [4.69, 9.17) is 8.83 Å². The highest BCUT2D eigenvalue weighted by molar-refractivity contribution is 5.88. The van der Waals surface area contributed by atoms with Crippen LogP contribution in [0.2, 0.25) is 0 Å². The highest BCUT2D eigenvalue weighted by Gasteiger charge is 2.29. The number of nitrogens with one attached hydrogen (secondary N) is 2. The molecule has 8 nitrogen and oxygen atoms in total. The number of nitrogens with zero attached hydrogens (tertiary/aromatic N) is 2. The van der Waals surface area contributed by atoms with Crippen molar-refractivity contribution in [1.82, 2.24) is 20.2 Å². The van der Waals surface area contributed by atoms with Crippen LogP contribution in [-0.2, 0) is 29.1 Å². The van der Waals surface area contributed by atoms with Gasteiger partial charge in [0, 0.05) is 48.6 Å². The van der Waals surface area contributed by atoms with Crippen molar-refractivity contribution >= 4 is 33.8 Å². The summed E-state index contributed by atoms with van der Waals surface area (Å²) in [5, 5.41) is 4.96. The molecular formula is C30H32N4O4. The van der Waals surface area contributed by atoms with E-state index in [1.165, 1.54) is 0 Å². The minimum atomic E-state index is -0.749. The van der Waals surface area contributed by atoms with Crippen molar-refractivity contribution in [1.29, 1.82) is 0 Å². The van der Waals surface area contributed by atoms with Crippen LogP contribution >= 0.6 is 0 Å². The Bertz CT molecular complexity index is 1470. The molecule has 5 rings (SSSR count). The van der Waals surface area contributed by atoms with Crippen molar-refractivity contribution in [2.75, 3.05) is 0 Å². The van der Waals surface area contributed by atoms with Gasteiger partial charge in [-0.2, -0.15) is 0 Å². The second-order valence-electron chi connectivity index (χ2n) is 10.9. The Labute approximate surface area is 221 Å². The molecule has 2 N–H and O–H groups in total. The first-order valence-corrected chi connectivity index (χ1v) is 12.7. The SMILES string of the molecule is CC(C)(C)CC(=O)N[C@@H](Cc1cnc[nH]1)C(=O)N(Cc1ccc2occc2c1)Cc1ccc2occc2c1. The van der Waals surface area contributed by atoms with Crippen LogP contribution in [0.25, 0.3) is 21.9 Å². The van der Waals surface area contributed by atoms with E-state index in [9.17, 15) is 9.59 Å². The van der Waals surface area contributed by atoms with Crippen LogP contribution in [0.15, 0.2) is 82.4 Å². The number of hydrogen-bond donors (Lipinski definition) is 2. The summed E-state index contributed by atoms with van der Waals surface area (Å²) in [7, 11) is 0. The lowest BCUT2D eigenvalue weighted by Crippen LogP contribution is -2.49. The zero-order valence-electron chi connectivity index (χ0n) is 21.9. The monoisotopic (exact) mass is 512 g/mol. The number of furan rings is 2. The van der Waals surface area contributed by atoms with Crippen LogP contribution in [0, 0.1) is 5.41 Å². The lowest BCUT2D eigenvalue weighted by atomic mass is 9.91. The van der Waals surface area contributed by atoms with Crippen LogP contribution in [0.1, 0.15) is 44.0 Å². The standard InChI is InChI=1S/C30H32N4O4/c1-30(2,3)15-28(35)33-25(14-24-16-31-19-32-24)29(36)34(17-20-4-6-26-22(12-20)8-10-37-26)18-21-5-7-27-23(13-21)9-11-38-27/h4-13,16,19,25H,14-15,17-18H2,1-3H3,(H,31,32)(H,33,35)/t25-/m0/s1. The lowest BCUT2D eigenvalue weighted by Gasteiger charge is -2.29. The van der Waals surface area contributed by atoms with Crippen LogP contribution in [0.3, 0.4) is 0 Å². The van der Waals surface area contributed by atoms with Crippen LogP contribution < -0.4 is 5.32 Å². The van der Waals surface area contributed by atoms with Crippen molar-refractivity contribution in [3.05, 3.63) is 90.4 Å². The van der Waals surface area contributed by atoms with Crippen LogP contribution in [-0.4, -0.2) is 32.7 Å². The van der Waals surface area contributed by atoms with Gasteiger partial charge in [-0.05, 0) is 52.9 Å². The van der Waals surface area contributed by atoms with E-state index in [-0.39, 0.29) is 17.2 Å². The Morgan fingerprint density at radius 1 is 0.947 bits per heavy atom. The van der Waals surface area contributed by atoms with Gasteiger partial charge in [-0.15, -0.1) is 0 Å². The Balaban J connectivity index is 1.45. The third-order valence-corrected chi connectivity index (χ3v) is 6.40. The van der Waals surface area contributed by atoms with Gasteiger partial charge in [0.15, 0.2) is 0 Å². The number of benzene rings is 2. The van der Waals surface area contributed by atoms with Crippen molar-refractivity contribution in [3.8, 4) is 0 Å². The summed E-state index contributed by atoms with van der Waals surface area (Å²) >= 11 is 0. The molecule has 2 amide bonds. The smallest absolute Gasteiger partial charge is 0.246 e. The molecule has 0 aliphatic heterocycles. The number of H-pyrrole nitrogens is 1. The molecule has 38 heavy (non-hydrogen) atoms. The number of amides is 2. The number of aromatic nitrogens is 2. The highest BCUT2D eigenvalue weighted by atomic mass is 16.3. The Morgan fingerprint density at radius 2 is 1.55 bits per heavy atom. The molecule has 5 aromatic rings. The topological polar surface area (TPSA) is 104 Å². The number of rotatable bonds is 9. The van der Waals surface area contributed by atoms with E-state index in [1.54, 1.807) is 30.0 Å². The predicted molar refractivity (Wildman–Crippen MR) is 145 cm³/mol. The van der Waals surface area contributed by atoms with Gasteiger partial charge in [0.2, 0.25) is 11.8 Å². The maximum absolute atomic E-state index is 14.1. The van der Waals surface area contributed by atoms with Crippen molar-refractivity contribution in [2.45, 2.75) is 52.7 Å². The van der Waals surface area contributed by atoms with Gasteiger partial charge in [-0.1, -0.05) is 32.9 Å². The molecule has 0 radical (unpaired) electrons. The van der Waals surface area contributed by atoms with Crippen LogP contribution in [0.4, 0.5) is 0 Å². The summed E-state index contributed by atoms with van der Waals surface area (Å²) in [6.07, 6.45) is 7.19. The van der Waals surface area contributed by atoms with E-state index >= 15 is 0 Å². The minimum absolute atomic E-state index is 0.157. The molecule has 0 spiro atoms. The normalized spacial score (nSPS) is 12.6. The number of carbonyl (C=O) groups is 2. The zero-order valence-corrected chi connectivity index (χ0v) is 21.9. The molecule has 0 aliphatic rings. The number of aromatic amines is 1. The van der Waals surface area contributed by atoms with Gasteiger partial charge in [-0.25, -0.2) is 4.98 Å². The van der Waals surface area contributed by atoms with Gasteiger partial charge >= 0.3 is 0 Å². The molecule has 3 aromatic heterocycles. The number of carbonyl (C=O) groups excluding carboxylic acids is 2. The molecule has 8 heteroatoms.